The van der Waals surface area contributed by atoms with Gasteiger partial charge in [0.1, 0.15) is 38.4 Å². The van der Waals surface area contributed by atoms with E-state index in [-0.39, 0.29) is 13.2 Å². The predicted octanol–water partition coefficient (Wildman–Crippen LogP) is -0.454. The summed E-state index contributed by atoms with van der Waals surface area (Å²) in [4.78, 5) is 0. The lowest BCUT2D eigenvalue weighted by Gasteiger charge is -2.32. The van der Waals surface area contributed by atoms with Crippen molar-refractivity contribution in [3.8, 4) is 0 Å². The van der Waals surface area contributed by atoms with Crippen LogP contribution in [0.1, 0.15) is 11.1 Å². The first-order valence-electron chi connectivity index (χ1n) is 8.36. The zero-order chi connectivity index (χ0) is 18.4. The molecule has 1 aromatic rings. The molecule has 0 aliphatic carbocycles. The molecule has 24 heavy (non-hydrogen) atoms. The number of rotatable bonds is 10. The second kappa shape index (κ2) is 8.89. The van der Waals surface area contributed by atoms with E-state index in [1.54, 1.807) is 0 Å². The van der Waals surface area contributed by atoms with Gasteiger partial charge in [-0.15, -0.1) is 0 Å². The van der Waals surface area contributed by atoms with Gasteiger partial charge < -0.3 is 29.4 Å². The van der Waals surface area contributed by atoms with Crippen molar-refractivity contribution < 1.29 is 29.4 Å². The molecule has 0 bridgehead atoms. The molecular weight excluding hydrogens is 308 g/mol. The van der Waals surface area contributed by atoms with Crippen LogP contribution in [0.5, 0.6) is 0 Å². The summed E-state index contributed by atoms with van der Waals surface area (Å²) in [5.41, 5.74) is 2.35. The molecule has 0 heterocycles. The van der Waals surface area contributed by atoms with E-state index in [0.29, 0.717) is 22.1 Å². The minimum Gasteiger partial charge on any atom is -0.393 e. The van der Waals surface area contributed by atoms with Gasteiger partial charge in [0, 0.05) is 11.1 Å². The topological polar surface area (TPSA) is 80.9 Å². The van der Waals surface area contributed by atoms with Crippen LogP contribution in [0.3, 0.4) is 0 Å². The van der Waals surface area contributed by atoms with Crippen molar-refractivity contribution in [1.29, 1.82) is 0 Å². The van der Waals surface area contributed by atoms with E-state index in [9.17, 15) is 10.2 Å². The van der Waals surface area contributed by atoms with E-state index in [4.69, 9.17) is 10.2 Å². The minimum absolute atomic E-state index is 0.215. The monoisotopic (exact) mass is 342 g/mol. The largest absolute Gasteiger partial charge is 0.393 e. The summed E-state index contributed by atoms with van der Waals surface area (Å²) < 4.78 is 1.21. The molecule has 138 valence electrons. The number of likely N-dealkylation sites (N-methyl/N-ethyl adjacent to an activating group) is 2. The van der Waals surface area contributed by atoms with Gasteiger partial charge in [0.15, 0.2) is 0 Å². The fourth-order valence-electron chi connectivity index (χ4n) is 3.12. The van der Waals surface area contributed by atoms with Crippen molar-refractivity contribution in [1.82, 2.24) is 0 Å². The molecule has 0 fully saturated rings. The summed E-state index contributed by atoms with van der Waals surface area (Å²) in [7, 11) is 8.12. The van der Waals surface area contributed by atoms with E-state index < -0.39 is 12.2 Å². The Balaban J connectivity index is 2.65. The predicted molar refractivity (Wildman–Crippen MR) is 94.0 cm³/mol. The van der Waals surface area contributed by atoms with Crippen molar-refractivity contribution in [3.63, 3.8) is 0 Å². The normalized spacial score (nSPS) is 15.3. The molecule has 4 N–H and O–H groups in total. The molecule has 0 spiro atoms. The highest BCUT2D eigenvalue weighted by Crippen LogP contribution is 2.15. The Bertz CT molecular complexity index is 443. The molecule has 6 heteroatoms. The molecular formula is C18H34N2O4+2. The quantitative estimate of drug-likeness (QED) is 0.434. The summed E-state index contributed by atoms with van der Waals surface area (Å²) in [6, 6.07) is 8.35. The molecule has 0 amide bonds. The van der Waals surface area contributed by atoms with Crippen LogP contribution in [0.4, 0.5) is 0 Å². The summed E-state index contributed by atoms with van der Waals surface area (Å²) in [5, 5.41) is 37.2. The lowest BCUT2D eigenvalue weighted by molar-refractivity contribution is -0.906. The third-order valence-electron chi connectivity index (χ3n) is 4.08. The van der Waals surface area contributed by atoms with Gasteiger partial charge >= 0.3 is 0 Å². The van der Waals surface area contributed by atoms with Crippen LogP contribution in [-0.4, -0.2) is 96.1 Å². The average molecular weight is 342 g/mol. The van der Waals surface area contributed by atoms with Crippen molar-refractivity contribution in [2.24, 2.45) is 0 Å². The lowest BCUT2D eigenvalue weighted by atomic mass is 10.1. The number of hydrogen-bond acceptors (Lipinski definition) is 4. The highest BCUT2D eigenvalue weighted by atomic mass is 16.3. The number of nitrogens with zero attached hydrogens (tertiary/aromatic N) is 2. The van der Waals surface area contributed by atoms with E-state index in [1.807, 2.05) is 28.2 Å². The van der Waals surface area contributed by atoms with Gasteiger partial charge in [-0.25, -0.2) is 0 Å². The van der Waals surface area contributed by atoms with Crippen LogP contribution in [0.25, 0.3) is 0 Å². The highest BCUT2D eigenvalue weighted by molar-refractivity contribution is 5.21. The van der Waals surface area contributed by atoms with Crippen molar-refractivity contribution in [2.75, 3.05) is 54.5 Å². The third kappa shape index (κ3) is 7.70. The summed E-state index contributed by atoms with van der Waals surface area (Å²) >= 11 is 0. The Morgan fingerprint density at radius 2 is 1.00 bits per heavy atom. The van der Waals surface area contributed by atoms with E-state index in [1.165, 1.54) is 11.1 Å². The number of hydrogen-bond donors (Lipinski definition) is 4. The second-order valence-corrected chi connectivity index (χ2v) is 8.04. The summed E-state index contributed by atoms with van der Waals surface area (Å²) in [6.45, 7) is 2.13. The number of aliphatic hydroxyl groups excluding tert-OH is 4. The smallest absolute Gasteiger partial charge is 0.126 e. The maximum atomic E-state index is 9.63. The SMILES string of the molecule is C[N+](C)(Cc1ccc(C[N+](C)(C)CC(O)CO)cc1)CC(O)CO. The van der Waals surface area contributed by atoms with Gasteiger partial charge in [0.2, 0.25) is 0 Å². The first kappa shape index (κ1) is 21.0. The van der Waals surface area contributed by atoms with Crippen molar-refractivity contribution >= 4 is 0 Å². The lowest BCUT2D eigenvalue weighted by Crippen LogP contribution is -2.46. The van der Waals surface area contributed by atoms with Gasteiger partial charge in [0.25, 0.3) is 0 Å². The maximum Gasteiger partial charge on any atom is 0.126 e. The van der Waals surface area contributed by atoms with Gasteiger partial charge in [-0.05, 0) is 0 Å². The zero-order valence-corrected chi connectivity index (χ0v) is 15.4. The van der Waals surface area contributed by atoms with Crippen LogP contribution >= 0.6 is 0 Å². The average Bonchev–Trinajstić information content (AvgIpc) is 2.47. The van der Waals surface area contributed by atoms with E-state index in [2.05, 4.69) is 24.3 Å². The van der Waals surface area contributed by atoms with Gasteiger partial charge in [-0.1, -0.05) is 24.3 Å². The maximum absolute atomic E-state index is 9.63. The summed E-state index contributed by atoms with van der Waals surface area (Å²) in [5.74, 6) is 0. The zero-order valence-electron chi connectivity index (χ0n) is 15.4. The molecule has 2 unspecified atom stereocenters. The molecule has 0 aromatic heterocycles. The molecule has 0 aliphatic heterocycles. The van der Waals surface area contributed by atoms with Gasteiger partial charge in [-0.3, -0.25) is 0 Å². The van der Waals surface area contributed by atoms with Crippen LogP contribution in [0.15, 0.2) is 24.3 Å². The number of benzene rings is 1. The first-order valence-corrected chi connectivity index (χ1v) is 8.36. The van der Waals surface area contributed by atoms with Gasteiger partial charge in [-0.2, -0.15) is 0 Å². The Morgan fingerprint density at radius 1 is 0.708 bits per heavy atom. The molecule has 0 radical (unpaired) electrons. The minimum atomic E-state index is -0.699. The van der Waals surface area contributed by atoms with Crippen LogP contribution in [0, 0.1) is 0 Å². The molecule has 0 aliphatic rings. The molecule has 1 rings (SSSR count). The van der Waals surface area contributed by atoms with Crippen LogP contribution in [-0.2, 0) is 13.1 Å². The third-order valence-corrected chi connectivity index (χ3v) is 4.08. The Hall–Kier alpha value is -1.02. The number of quaternary nitrogens is 2. The molecule has 6 nitrogen and oxygen atoms in total. The molecule has 1 aromatic carbocycles. The molecule has 2 atom stereocenters. The molecule has 0 saturated heterocycles. The van der Waals surface area contributed by atoms with Crippen LogP contribution < -0.4 is 0 Å². The summed E-state index contributed by atoms with van der Waals surface area (Å²) in [6.07, 6.45) is -1.40. The number of aliphatic hydroxyl groups is 4. The standard InChI is InChI=1S/C18H34N2O4/c1-19(2,11-17(23)13-21)9-15-5-7-16(8-6-15)10-20(3,4)12-18(24)14-22/h5-8,17-18,21-24H,9-14H2,1-4H3/q+2. The Labute approximate surface area is 145 Å². The highest BCUT2D eigenvalue weighted by Gasteiger charge is 2.22. The first-order chi connectivity index (χ1) is 11.1. The Kier molecular flexibility index (Phi) is 7.79. The fraction of sp³-hybridized carbons (Fsp3) is 0.667. The van der Waals surface area contributed by atoms with E-state index >= 15 is 0 Å². The molecule has 0 saturated carbocycles. The van der Waals surface area contributed by atoms with Crippen LogP contribution in [0.2, 0.25) is 0 Å². The fourth-order valence-corrected chi connectivity index (χ4v) is 3.12. The van der Waals surface area contributed by atoms with E-state index in [0.717, 1.165) is 13.1 Å². The second-order valence-electron chi connectivity index (χ2n) is 8.04. The van der Waals surface area contributed by atoms with Gasteiger partial charge in [0.05, 0.1) is 41.4 Å². The Morgan fingerprint density at radius 3 is 1.25 bits per heavy atom. The van der Waals surface area contributed by atoms with Crippen molar-refractivity contribution in [2.45, 2.75) is 25.3 Å². The van der Waals surface area contributed by atoms with Crippen molar-refractivity contribution in [3.05, 3.63) is 35.4 Å².